The number of likely N-dealkylation sites (tertiary alicyclic amines) is 1. The first kappa shape index (κ1) is 12.9. The highest BCUT2D eigenvalue weighted by Gasteiger charge is 2.35. The van der Waals surface area contributed by atoms with Crippen LogP contribution in [0.3, 0.4) is 0 Å². The summed E-state index contributed by atoms with van der Waals surface area (Å²) < 4.78 is 4.96. The fraction of sp³-hybridized carbons (Fsp3) is 0.929. The van der Waals surface area contributed by atoms with Gasteiger partial charge in [0.2, 0.25) is 0 Å². The molecule has 2 fully saturated rings. The number of esters is 1. The van der Waals surface area contributed by atoms with E-state index in [0.29, 0.717) is 6.04 Å². The summed E-state index contributed by atoms with van der Waals surface area (Å²) in [6, 6.07) is 0.646. The number of methoxy groups -OCH3 is 1. The fourth-order valence-corrected chi connectivity index (χ4v) is 3.48. The number of hydrogen-bond donors (Lipinski definition) is 0. The molecule has 3 heteroatoms. The summed E-state index contributed by atoms with van der Waals surface area (Å²) in [5.41, 5.74) is 0. The van der Waals surface area contributed by atoms with Crippen LogP contribution in [-0.4, -0.2) is 36.6 Å². The predicted molar refractivity (Wildman–Crippen MR) is 67.8 cm³/mol. The zero-order chi connectivity index (χ0) is 12.3. The number of carbonyl (C=O) groups excluding carboxylic acids is 1. The van der Waals surface area contributed by atoms with E-state index >= 15 is 0 Å². The lowest BCUT2D eigenvalue weighted by atomic mass is 9.84. The number of carbonyl (C=O) groups is 1. The Kier molecular flexibility index (Phi) is 4.43. The zero-order valence-corrected chi connectivity index (χ0v) is 11.2. The highest BCUT2D eigenvalue weighted by molar-refractivity contribution is 5.75. The molecule has 3 atom stereocenters. The summed E-state index contributed by atoms with van der Waals surface area (Å²) in [4.78, 5) is 14.3. The minimum absolute atomic E-state index is 0.0251. The van der Waals surface area contributed by atoms with Crippen molar-refractivity contribution in [3.05, 3.63) is 0 Å². The van der Waals surface area contributed by atoms with Gasteiger partial charge < -0.3 is 4.74 Å². The summed E-state index contributed by atoms with van der Waals surface area (Å²) in [5, 5.41) is 0. The van der Waals surface area contributed by atoms with Crippen molar-refractivity contribution >= 4 is 5.97 Å². The molecule has 0 aromatic rings. The minimum Gasteiger partial charge on any atom is -0.468 e. The second-order valence-electron chi connectivity index (χ2n) is 5.70. The number of ether oxygens (including phenoxy) is 1. The van der Waals surface area contributed by atoms with Crippen LogP contribution in [0.4, 0.5) is 0 Å². The molecule has 0 amide bonds. The van der Waals surface area contributed by atoms with E-state index in [0.717, 1.165) is 18.9 Å². The van der Waals surface area contributed by atoms with Gasteiger partial charge in [-0.1, -0.05) is 26.2 Å². The first-order valence-corrected chi connectivity index (χ1v) is 7.06. The van der Waals surface area contributed by atoms with Crippen molar-refractivity contribution in [3.63, 3.8) is 0 Å². The van der Waals surface area contributed by atoms with E-state index in [1.807, 2.05) is 0 Å². The topological polar surface area (TPSA) is 29.5 Å². The Labute approximate surface area is 105 Å². The first-order chi connectivity index (χ1) is 8.22. The van der Waals surface area contributed by atoms with Crippen molar-refractivity contribution in [3.8, 4) is 0 Å². The fourth-order valence-electron chi connectivity index (χ4n) is 3.48. The van der Waals surface area contributed by atoms with E-state index in [1.165, 1.54) is 45.6 Å². The summed E-state index contributed by atoms with van der Waals surface area (Å²) in [6.07, 6.45) is 8.57. The Morgan fingerprint density at radius 2 is 2.00 bits per heavy atom. The molecule has 0 aromatic heterocycles. The van der Waals surface area contributed by atoms with Crippen molar-refractivity contribution in [1.82, 2.24) is 4.90 Å². The van der Waals surface area contributed by atoms with Crippen LogP contribution < -0.4 is 0 Å². The van der Waals surface area contributed by atoms with Gasteiger partial charge in [0.05, 0.1) is 7.11 Å². The Morgan fingerprint density at radius 3 is 2.71 bits per heavy atom. The van der Waals surface area contributed by atoms with E-state index in [1.54, 1.807) is 0 Å². The smallest absolute Gasteiger partial charge is 0.323 e. The lowest BCUT2D eigenvalue weighted by molar-refractivity contribution is -0.150. The number of piperidine rings is 1. The van der Waals surface area contributed by atoms with Crippen LogP contribution in [0, 0.1) is 5.92 Å². The molecule has 3 nitrogen and oxygen atoms in total. The second-order valence-corrected chi connectivity index (χ2v) is 5.70. The van der Waals surface area contributed by atoms with Crippen molar-refractivity contribution in [2.24, 2.45) is 5.92 Å². The quantitative estimate of drug-likeness (QED) is 0.694. The average Bonchev–Trinajstić information content (AvgIpc) is 2.38. The van der Waals surface area contributed by atoms with Crippen LogP contribution in [0.2, 0.25) is 0 Å². The van der Waals surface area contributed by atoms with Crippen molar-refractivity contribution in [1.29, 1.82) is 0 Å². The van der Waals surface area contributed by atoms with E-state index in [2.05, 4.69) is 11.8 Å². The monoisotopic (exact) mass is 239 g/mol. The molecule has 0 radical (unpaired) electrons. The summed E-state index contributed by atoms with van der Waals surface area (Å²) >= 11 is 0. The third-order valence-electron chi connectivity index (χ3n) is 4.40. The summed E-state index contributed by atoms with van der Waals surface area (Å²) in [7, 11) is 1.51. The largest absolute Gasteiger partial charge is 0.468 e. The Bertz CT molecular complexity index is 267. The highest BCUT2D eigenvalue weighted by Crippen LogP contribution is 2.31. The molecule has 17 heavy (non-hydrogen) atoms. The van der Waals surface area contributed by atoms with Gasteiger partial charge in [-0.05, 0) is 38.1 Å². The van der Waals surface area contributed by atoms with Gasteiger partial charge in [-0.2, -0.15) is 0 Å². The predicted octanol–water partition coefficient (Wildman–Crippen LogP) is 2.59. The molecule has 0 bridgehead atoms. The Morgan fingerprint density at radius 1 is 1.18 bits per heavy atom. The van der Waals surface area contributed by atoms with Gasteiger partial charge in [-0.15, -0.1) is 0 Å². The molecular weight excluding hydrogens is 214 g/mol. The highest BCUT2D eigenvalue weighted by atomic mass is 16.5. The van der Waals surface area contributed by atoms with E-state index in [-0.39, 0.29) is 12.0 Å². The first-order valence-electron chi connectivity index (χ1n) is 7.06. The Balaban J connectivity index is 2.02. The molecule has 2 aliphatic rings. The van der Waals surface area contributed by atoms with Crippen LogP contribution in [0.15, 0.2) is 0 Å². The molecule has 3 unspecified atom stereocenters. The molecule has 98 valence electrons. The molecule has 1 aliphatic heterocycles. The van der Waals surface area contributed by atoms with Gasteiger partial charge in [0, 0.05) is 6.04 Å². The van der Waals surface area contributed by atoms with Gasteiger partial charge in [-0.3, -0.25) is 9.69 Å². The SMILES string of the molecule is COC(=O)C1CCCCN1C1CCCC(C)C1. The third kappa shape index (κ3) is 3.01. The summed E-state index contributed by atoms with van der Waals surface area (Å²) in [5.74, 6) is 0.789. The number of hydrogen-bond acceptors (Lipinski definition) is 3. The van der Waals surface area contributed by atoms with Gasteiger partial charge in [-0.25, -0.2) is 0 Å². The summed E-state index contributed by atoms with van der Waals surface area (Å²) in [6.45, 7) is 3.42. The maximum atomic E-state index is 11.8. The molecule has 0 spiro atoms. The van der Waals surface area contributed by atoms with Gasteiger partial charge in [0.25, 0.3) is 0 Å². The van der Waals surface area contributed by atoms with E-state index in [9.17, 15) is 4.79 Å². The standard InChI is InChI=1S/C14H25NO2/c1-11-6-5-7-12(10-11)15-9-4-3-8-13(15)14(16)17-2/h11-13H,3-10H2,1-2H3. The van der Waals surface area contributed by atoms with Crippen LogP contribution >= 0.6 is 0 Å². The lowest BCUT2D eigenvalue weighted by Crippen LogP contribution is -2.51. The molecule has 1 aliphatic carbocycles. The maximum Gasteiger partial charge on any atom is 0.323 e. The molecule has 1 saturated carbocycles. The van der Waals surface area contributed by atoms with Gasteiger partial charge in [0.15, 0.2) is 0 Å². The molecular formula is C14H25NO2. The van der Waals surface area contributed by atoms with Crippen LogP contribution in [0.5, 0.6) is 0 Å². The zero-order valence-electron chi connectivity index (χ0n) is 11.2. The minimum atomic E-state index is -0.0251. The molecule has 1 saturated heterocycles. The van der Waals surface area contributed by atoms with Gasteiger partial charge >= 0.3 is 5.97 Å². The van der Waals surface area contributed by atoms with E-state index < -0.39 is 0 Å². The van der Waals surface area contributed by atoms with E-state index in [4.69, 9.17) is 4.74 Å². The third-order valence-corrected chi connectivity index (χ3v) is 4.40. The number of rotatable bonds is 2. The average molecular weight is 239 g/mol. The normalized spacial score (nSPS) is 35.5. The van der Waals surface area contributed by atoms with Crippen LogP contribution in [0.1, 0.15) is 51.9 Å². The van der Waals surface area contributed by atoms with Crippen molar-refractivity contribution in [2.75, 3.05) is 13.7 Å². The van der Waals surface area contributed by atoms with Crippen LogP contribution in [0.25, 0.3) is 0 Å². The lowest BCUT2D eigenvalue weighted by Gasteiger charge is -2.42. The van der Waals surface area contributed by atoms with Crippen molar-refractivity contribution in [2.45, 2.75) is 64.0 Å². The van der Waals surface area contributed by atoms with Crippen LogP contribution in [-0.2, 0) is 9.53 Å². The molecule has 1 heterocycles. The number of nitrogens with zero attached hydrogens (tertiary/aromatic N) is 1. The molecule has 0 aromatic carbocycles. The Hall–Kier alpha value is -0.570. The molecule has 2 rings (SSSR count). The second kappa shape index (κ2) is 5.85. The van der Waals surface area contributed by atoms with Crippen molar-refractivity contribution < 1.29 is 9.53 Å². The maximum absolute atomic E-state index is 11.8. The van der Waals surface area contributed by atoms with Gasteiger partial charge in [0.1, 0.15) is 6.04 Å². The molecule has 0 N–H and O–H groups in total.